The molecule has 0 aromatic heterocycles. The molecule has 1 aliphatic carbocycles. The Balaban J connectivity index is 1.28. The van der Waals surface area contributed by atoms with Gasteiger partial charge in [0, 0.05) is 55.1 Å². The molecule has 2 N–H and O–H groups in total. The standard InChI is InChI=1S/C26H36N4O/c1-4-19(2)18-27-25-17-24(25)20-5-9-22(10-6-20)28-26(31)21-7-11-23(12-8-21)30-15-13-29(3)14-16-30/h5-12,19,24-25,27H,4,13-18H2,1-3H3,(H,28,31). The zero-order valence-electron chi connectivity index (χ0n) is 19.1. The van der Waals surface area contributed by atoms with Crippen LogP contribution in [0.3, 0.4) is 0 Å². The molecule has 166 valence electrons. The molecule has 2 aromatic rings. The second kappa shape index (κ2) is 9.84. The summed E-state index contributed by atoms with van der Waals surface area (Å²) in [6.45, 7) is 9.85. The molecule has 3 unspecified atom stereocenters. The Morgan fingerprint density at radius 2 is 1.71 bits per heavy atom. The molecule has 2 fully saturated rings. The number of anilines is 2. The lowest BCUT2D eigenvalue weighted by Crippen LogP contribution is -2.44. The summed E-state index contributed by atoms with van der Waals surface area (Å²) >= 11 is 0. The van der Waals surface area contributed by atoms with Crippen molar-refractivity contribution in [2.24, 2.45) is 5.92 Å². The molecule has 3 atom stereocenters. The highest BCUT2D eigenvalue weighted by molar-refractivity contribution is 6.04. The van der Waals surface area contributed by atoms with Gasteiger partial charge in [0.25, 0.3) is 5.91 Å². The van der Waals surface area contributed by atoms with Crippen molar-refractivity contribution in [3.8, 4) is 0 Å². The lowest BCUT2D eigenvalue weighted by molar-refractivity contribution is 0.102. The van der Waals surface area contributed by atoms with Crippen LogP contribution in [-0.4, -0.2) is 56.6 Å². The third-order valence-electron chi connectivity index (χ3n) is 6.81. The number of likely N-dealkylation sites (N-methyl/N-ethyl adjacent to an activating group) is 1. The molecule has 4 rings (SSSR count). The van der Waals surface area contributed by atoms with E-state index in [1.165, 1.54) is 24.1 Å². The largest absolute Gasteiger partial charge is 0.369 e. The van der Waals surface area contributed by atoms with E-state index in [0.717, 1.165) is 44.3 Å². The Bertz CT molecular complexity index is 856. The second-order valence-electron chi connectivity index (χ2n) is 9.28. The number of nitrogens with one attached hydrogen (secondary N) is 2. The van der Waals surface area contributed by atoms with Crippen LogP contribution in [0.4, 0.5) is 11.4 Å². The summed E-state index contributed by atoms with van der Waals surface area (Å²) in [6, 6.07) is 16.9. The first-order valence-corrected chi connectivity index (χ1v) is 11.7. The van der Waals surface area contributed by atoms with Crippen molar-refractivity contribution in [2.75, 3.05) is 50.0 Å². The molecule has 31 heavy (non-hydrogen) atoms. The minimum absolute atomic E-state index is 0.0582. The van der Waals surface area contributed by atoms with E-state index in [9.17, 15) is 4.79 Å². The highest BCUT2D eigenvalue weighted by Gasteiger charge is 2.37. The molecule has 5 nitrogen and oxygen atoms in total. The zero-order chi connectivity index (χ0) is 21.8. The fourth-order valence-electron chi connectivity index (χ4n) is 4.19. The van der Waals surface area contributed by atoms with Gasteiger partial charge in [-0.1, -0.05) is 32.4 Å². The molecule has 1 amide bonds. The number of nitrogens with zero attached hydrogens (tertiary/aromatic N) is 2. The predicted molar refractivity (Wildman–Crippen MR) is 129 cm³/mol. The van der Waals surface area contributed by atoms with Crippen LogP contribution < -0.4 is 15.5 Å². The summed E-state index contributed by atoms with van der Waals surface area (Å²) in [5.41, 5.74) is 4.09. The van der Waals surface area contributed by atoms with E-state index in [-0.39, 0.29) is 5.91 Å². The van der Waals surface area contributed by atoms with Gasteiger partial charge in [0.1, 0.15) is 0 Å². The normalized spacial score (nSPS) is 22.2. The molecule has 1 saturated heterocycles. The van der Waals surface area contributed by atoms with Crippen LogP contribution >= 0.6 is 0 Å². The molecular weight excluding hydrogens is 384 g/mol. The number of carbonyl (C=O) groups excluding carboxylic acids is 1. The van der Waals surface area contributed by atoms with E-state index >= 15 is 0 Å². The number of piperazine rings is 1. The topological polar surface area (TPSA) is 47.6 Å². The van der Waals surface area contributed by atoms with Crippen molar-refractivity contribution in [1.29, 1.82) is 0 Å². The molecule has 2 aromatic carbocycles. The molecule has 0 bridgehead atoms. The van der Waals surface area contributed by atoms with Gasteiger partial charge in [-0.25, -0.2) is 0 Å². The molecule has 0 radical (unpaired) electrons. The summed E-state index contributed by atoms with van der Waals surface area (Å²) in [4.78, 5) is 17.4. The third kappa shape index (κ3) is 5.66. The van der Waals surface area contributed by atoms with E-state index < -0.39 is 0 Å². The monoisotopic (exact) mass is 420 g/mol. The Labute approximate surface area is 186 Å². The van der Waals surface area contributed by atoms with Crippen LogP contribution in [0.2, 0.25) is 0 Å². The zero-order valence-corrected chi connectivity index (χ0v) is 19.1. The SMILES string of the molecule is CCC(C)CNC1CC1c1ccc(NC(=O)c2ccc(N3CCN(C)CC3)cc2)cc1. The number of hydrogen-bond donors (Lipinski definition) is 2. The van der Waals surface area contributed by atoms with E-state index in [2.05, 4.69) is 65.6 Å². The van der Waals surface area contributed by atoms with E-state index in [0.29, 0.717) is 17.5 Å². The summed E-state index contributed by atoms with van der Waals surface area (Å²) < 4.78 is 0. The maximum absolute atomic E-state index is 12.7. The first-order chi connectivity index (χ1) is 15.0. The number of carbonyl (C=O) groups is 1. The van der Waals surface area contributed by atoms with Gasteiger partial charge in [0.2, 0.25) is 0 Å². The summed E-state index contributed by atoms with van der Waals surface area (Å²) in [5, 5.41) is 6.71. The van der Waals surface area contributed by atoms with E-state index in [1.807, 2.05) is 24.3 Å². The number of hydrogen-bond acceptors (Lipinski definition) is 4. The fourth-order valence-corrected chi connectivity index (χ4v) is 4.19. The van der Waals surface area contributed by atoms with Gasteiger partial charge in [-0.2, -0.15) is 0 Å². The van der Waals surface area contributed by atoms with Crippen LogP contribution in [0.5, 0.6) is 0 Å². The summed E-state index contributed by atoms with van der Waals surface area (Å²) in [5.74, 6) is 1.28. The Hall–Kier alpha value is -2.37. The average Bonchev–Trinajstić information content (AvgIpc) is 3.58. The number of rotatable bonds is 8. The summed E-state index contributed by atoms with van der Waals surface area (Å²) in [7, 11) is 2.16. The minimum atomic E-state index is -0.0582. The van der Waals surface area contributed by atoms with E-state index in [4.69, 9.17) is 0 Å². The van der Waals surface area contributed by atoms with Gasteiger partial charge in [-0.3, -0.25) is 4.79 Å². The second-order valence-corrected chi connectivity index (χ2v) is 9.28. The third-order valence-corrected chi connectivity index (χ3v) is 6.81. The van der Waals surface area contributed by atoms with Gasteiger partial charge in [0.05, 0.1) is 0 Å². The quantitative estimate of drug-likeness (QED) is 0.673. The molecule has 5 heteroatoms. The van der Waals surface area contributed by atoms with Crippen molar-refractivity contribution in [3.05, 3.63) is 59.7 Å². The molecule has 2 aliphatic rings. The van der Waals surface area contributed by atoms with Crippen molar-refractivity contribution in [1.82, 2.24) is 10.2 Å². The maximum atomic E-state index is 12.7. The highest BCUT2D eigenvalue weighted by atomic mass is 16.1. The van der Waals surface area contributed by atoms with Crippen LogP contribution in [0, 0.1) is 5.92 Å². The van der Waals surface area contributed by atoms with Gasteiger partial charge < -0.3 is 20.4 Å². The predicted octanol–water partition coefficient (Wildman–Crippen LogP) is 4.18. The smallest absolute Gasteiger partial charge is 0.255 e. The Kier molecular flexibility index (Phi) is 6.93. The maximum Gasteiger partial charge on any atom is 0.255 e. The van der Waals surface area contributed by atoms with Crippen molar-refractivity contribution in [3.63, 3.8) is 0 Å². The lowest BCUT2D eigenvalue weighted by Gasteiger charge is -2.34. The Morgan fingerprint density at radius 3 is 2.35 bits per heavy atom. The van der Waals surface area contributed by atoms with Gasteiger partial charge in [-0.15, -0.1) is 0 Å². The average molecular weight is 421 g/mol. The lowest BCUT2D eigenvalue weighted by atomic mass is 10.1. The number of benzene rings is 2. The molecule has 1 heterocycles. The van der Waals surface area contributed by atoms with E-state index in [1.54, 1.807) is 0 Å². The summed E-state index contributed by atoms with van der Waals surface area (Å²) in [6.07, 6.45) is 2.43. The van der Waals surface area contributed by atoms with Crippen molar-refractivity contribution in [2.45, 2.75) is 38.6 Å². The molecule has 1 saturated carbocycles. The van der Waals surface area contributed by atoms with Crippen molar-refractivity contribution >= 4 is 17.3 Å². The first-order valence-electron chi connectivity index (χ1n) is 11.7. The Morgan fingerprint density at radius 1 is 1.03 bits per heavy atom. The van der Waals surface area contributed by atoms with Crippen LogP contribution in [0.25, 0.3) is 0 Å². The number of amides is 1. The molecule has 1 aliphatic heterocycles. The molecular formula is C26H36N4O. The minimum Gasteiger partial charge on any atom is -0.369 e. The van der Waals surface area contributed by atoms with Gasteiger partial charge in [0.15, 0.2) is 0 Å². The molecule has 0 spiro atoms. The van der Waals surface area contributed by atoms with Crippen LogP contribution in [0.1, 0.15) is 48.5 Å². The first kappa shape index (κ1) is 21.8. The van der Waals surface area contributed by atoms with Crippen molar-refractivity contribution < 1.29 is 4.79 Å². The highest BCUT2D eigenvalue weighted by Crippen LogP contribution is 2.41. The van der Waals surface area contributed by atoms with Gasteiger partial charge >= 0.3 is 0 Å². The van der Waals surface area contributed by atoms with Crippen LogP contribution in [-0.2, 0) is 0 Å². The van der Waals surface area contributed by atoms with Crippen LogP contribution in [0.15, 0.2) is 48.5 Å². The van der Waals surface area contributed by atoms with Gasteiger partial charge in [-0.05, 0) is 67.9 Å². The fraction of sp³-hybridized carbons (Fsp3) is 0.500.